The summed E-state index contributed by atoms with van der Waals surface area (Å²) in [7, 11) is 0. The highest BCUT2D eigenvalue weighted by molar-refractivity contribution is 6.04. The molecule has 0 aliphatic heterocycles. The van der Waals surface area contributed by atoms with Crippen molar-refractivity contribution in [1.82, 2.24) is 9.97 Å². The molecular formula is C23H21N3O2. The molecule has 4 rings (SSSR count). The Labute approximate surface area is 163 Å². The summed E-state index contributed by atoms with van der Waals surface area (Å²) >= 11 is 0. The SMILES string of the molecule is CC1(C)CC(=O)c2cnc(NC(=O)c3ccc(-c4ccccc4)cc3)nc2C1. The number of aromatic nitrogens is 2. The lowest BCUT2D eigenvalue weighted by atomic mass is 9.76. The van der Waals surface area contributed by atoms with Gasteiger partial charge in [-0.05, 0) is 35.1 Å². The summed E-state index contributed by atoms with van der Waals surface area (Å²) in [6, 6.07) is 17.4. The molecule has 0 radical (unpaired) electrons. The van der Waals surface area contributed by atoms with Gasteiger partial charge in [0, 0.05) is 18.2 Å². The zero-order valence-corrected chi connectivity index (χ0v) is 15.9. The summed E-state index contributed by atoms with van der Waals surface area (Å²) in [5.74, 6) is 0.00275. The molecule has 1 aromatic heterocycles. The number of ketones is 1. The van der Waals surface area contributed by atoms with E-state index in [1.54, 1.807) is 12.1 Å². The number of rotatable bonds is 3. The molecule has 0 saturated heterocycles. The van der Waals surface area contributed by atoms with Gasteiger partial charge in [-0.25, -0.2) is 9.97 Å². The van der Waals surface area contributed by atoms with Gasteiger partial charge in [-0.2, -0.15) is 0 Å². The van der Waals surface area contributed by atoms with Crippen molar-refractivity contribution < 1.29 is 9.59 Å². The molecule has 1 amide bonds. The molecule has 1 aliphatic carbocycles. The van der Waals surface area contributed by atoms with E-state index < -0.39 is 0 Å². The van der Waals surface area contributed by atoms with E-state index in [-0.39, 0.29) is 23.1 Å². The molecular weight excluding hydrogens is 350 g/mol. The predicted molar refractivity (Wildman–Crippen MR) is 108 cm³/mol. The van der Waals surface area contributed by atoms with Crippen LogP contribution in [0.1, 0.15) is 46.7 Å². The molecule has 0 unspecified atom stereocenters. The molecule has 1 aliphatic rings. The van der Waals surface area contributed by atoms with Crippen LogP contribution in [0.15, 0.2) is 60.8 Å². The number of amides is 1. The number of nitrogens with zero attached hydrogens (tertiary/aromatic N) is 2. The highest BCUT2D eigenvalue weighted by atomic mass is 16.1. The number of hydrogen-bond donors (Lipinski definition) is 1. The Kier molecular flexibility index (Phi) is 4.51. The van der Waals surface area contributed by atoms with E-state index in [0.29, 0.717) is 29.7 Å². The maximum absolute atomic E-state index is 12.6. The van der Waals surface area contributed by atoms with Gasteiger partial charge < -0.3 is 0 Å². The van der Waals surface area contributed by atoms with Crippen molar-refractivity contribution >= 4 is 17.6 Å². The molecule has 0 bridgehead atoms. The van der Waals surface area contributed by atoms with Gasteiger partial charge in [0.05, 0.1) is 11.3 Å². The highest BCUT2D eigenvalue weighted by Crippen LogP contribution is 2.33. The maximum atomic E-state index is 12.6. The molecule has 1 heterocycles. The van der Waals surface area contributed by atoms with Crippen molar-refractivity contribution in [2.24, 2.45) is 5.41 Å². The third kappa shape index (κ3) is 3.69. The van der Waals surface area contributed by atoms with Crippen LogP contribution in [0.2, 0.25) is 0 Å². The summed E-state index contributed by atoms with van der Waals surface area (Å²) in [6.45, 7) is 4.09. The standard InChI is InChI=1S/C23H21N3O2/c1-23(2)12-19-18(20(27)13-23)14-24-22(25-19)26-21(28)17-10-8-16(9-11-17)15-6-4-3-5-7-15/h3-11,14H,12-13H2,1-2H3,(H,24,25,26,28). The fourth-order valence-corrected chi connectivity index (χ4v) is 3.51. The van der Waals surface area contributed by atoms with Gasteiger partial charge in [-0.15, -0.1) is 0 Å². The molecule has 28 heavy (non-hydrogen) atoms. The zero-order valence-electron chi connectivity index (χ0n) is 15.9. The van der Waals surface area contributed by atoms with Crippen LogP contribution in [-0.4, -0.2) is 21.7 Å². The summed E-state index contributed by atoms with van der Waals surface area (Å²) in [5, 5.41) is 2.74. The Bertz CT molecular complexity index is 1040. The largest absolute Gasteiger partial charge is 0.294 e. The van der Waals surface area contributed by atoms with Crippen LogP contribution in [0.5, 0.6) is 0 Å². The van der Waals surface area contributed by atoms with Crippen LogP contribution < -0.4 is 5.32 Å². The molecule has 1 N–H and O–H groups in total. The van der Waals surface area contributed by atoms with Gasteiger partial charge in [-0.1, -0.05) is 56.3 Å². The molecule has 0 saturated carbocycles. The van der Waals surface area contributed by atoms with Crippen molar-refractivity contribution in [3.05, 3.63) is 77.6 Å². The van der Waals surface area contributed by atoms with E-state index in [4.69, 9.17) is 0 Å². The minimum Gasteiger partial charge on any atom is -0.294 e. The first-order valence-electron chi connectivity index (χ1n) is 9.27. The number of hydrogen-bond acceptors (Lipinski definition) is 4. The summed E-state index contributed by atoms with van der Waals surface area (Å²) in [4.78, 5) is 33.4. The summed E-state index contributed by atoms with van der Waals surface area (Å²) < 4.78 is 0. The fraction of sp³-hybridized carbons (Fsp3) is 0.217. The third-order valence-electron chi connectivity index (χ3n) is 4.93. The topological polar surface area (TPSA) is 72.0 Å². The molecule has 3 aromatic rings. The van der Waals surface area contributed by atoms with E-state index >= 15 is 0 Å². The average molecular weight is 371 g/mol. The number of benzene rings is 2. The van der Waals surface area contributed by atoms with Crippen molar-refractivity contribution in [2.75, 3.05) is 5.32 Å². The smallest absolute Gasteiger partial charge is 0.258 e. The van der Waals surface area contributed by atoms with Gasteiger partial charge in [0.2, 0.25) is 5.95 Å². The van der Waals surface area contributed by atoms with Crippen LogP contribution in [0.3, 0.4) is 0 Å². The molecule has 5 heteroatoms. The Hall–Kier alpha value is -3.34. The summed E-state index contributed by atoms with van der Waals surface area (Å²) in [6.07, 6.45) is 2.70. The molecule has 0 atom stereocenters. The molecule has 140 valence electrons. The maximum Gasteiger partial charge on any atom is 0.258 e. The minimum absolute atomic E-state index is 0.0561. The average Bonchev–Trinajstić information content (AvgIpc) is 2.67. The van der Waals surface area contributed by atoms with Crippen molar-refractivity contribution in [1.29, 1.82) is 0 Å². The molecule has 0 fully saturated rings. The lowest BCUT2D eigenvalue weighted by Gasteiger charge is -2.29. The monoisotopic (exact) mass is 371 g/mol. The van der Waals surface area contributed by atoms with E-state index in [1.807, 2.05) is 56.3 Å². The third-order valence-corrected chi connectivity index (χ3v) is 4.93. The second-order valence-electron chi connectivity index (χ2n) is 7.89. The minimum atomic E-state index is -0.277. The molecule has 5 nitrogen and oxygen atoms in total. The lowest BCUT2D eigenvalue weighted by molar-refractivity contribution is 0.0909. The van der Waals surface area contributed by atoms with E-state index in [1.165, 1.54) is 6.20 Å². The quantitative estimate of drug-likeness (QED) is 0.733. The number of Topliss-reactive ketones (excluding diaryl/α,β-unsaturated/α-hetero) is 1. The number of anilines is 1. The zero-order chi connectivity index (χ0) is 19.7. The van der Waals surface area contributed by atoms with E-state index in [2.05, 4.69) is 15.3 Å². The fourth-order valence-electron chi connectivity index (χ4n) is 3.51. The van der Waals surface area contributed by atoms with Crippen LogP contribution in [0, 0.1) is 5.41 Å². The van der Waals surface area contributed by atoms with Gasteiger partial charge in [0.15, 0.2) is 5.78 Å². The summed E-state index contributed by atoms with van der Waals surface area (Å²) in [5.41, 5.74) is 3.79. The number of nitrogens with one attached hydrogen (secondary N) is 1. The van der Waals surface area contributed by atoms with Gasteiger partial charge in [0.1, 0.15) is 0 Å². The number of fused-ring (bicyclic) bond motifs is 1. The Balaban J connectivity index is 1.52. The van der Waals surface area contributed by atoms with Gasteiger partial charge in [-0.3, -0.25) is 14.9 Å². The Morgan fingerprint density at radius 1 is 0.964 bits per heavy atom. The second kappa shape index (κ2) is 7.00. The predicted octanol–water partition coefficient (Wildman–Crippen LogP) is 4.55. The van der Waals surface area contributed by atoms with Crippen molar-refractivity contribution in [2.45, 2.75) is 26.7 Å². The van der Waals surface area contributed by atoms with Crippen LogP contribution >= 0.6 is 0 Å². The van der Waals surface area contributed by atoms with Crippen LogP contribution in [0.25, 0.3) is 11.1 Å². The van der Waals surface area contributed by atoms with Gasteiger partial charge in [0.25, 0.3) is 5.91 Å². The Morgan fingerprint density at radius 2 is 1.64 bits per heavy atom. The number of carbonyl (C=O) groups is 2. The first kappa shape index (κ1) is 18.0. The lowest BCUT2D eigenvalue weighted by Crippen LogP contribution is -2.28. The van der Waals surface area contributed by atoms with Crippen LogP contribution in [-0.2, 0) is 6.42 Å². The van der Waals surface area contributed by atoms with Crippen LogP contribution in [0.4, 0.5) is 5.95 Å². The van der Waals surface area contributed by atoms with E-state index in [0.717, 1.165) is 11.1 Å². The first-order chi connectivity index (χ1) is 13.4. The van der Waals surface area contributed by atoms with Gasteiger partial charge >= 0.3 is 0 Å². The normalized spacial score (nSPS) is 15.0. The van der Waals surface area contributed by atoms with Crippen molar-refractivity contribution in [3.63, 3.8) is 0 Å². The number of carbonyl (C=O) groups excluding carboxylic acids is 2. The highest BCUT2D eigenvalue weighted by Gasteiger charge is 2.32. The Morgan fingerprint density at radius 3 is 2.36 bits per heavy atom. The van der Waals surface area contributed by atoms with E-state index in [9.17, 15) is 9.59 Å². The van der Waals surface area contributed by atoms with Crippen molar-refractivity contribution in [3.8, 4) is 11.1 Å². The molecule has 2 aromatic carbocycles. The second-order valence-corrected chi connectivity index (χ2v) is 7.89. The molecule has 0 spiro atoms. The first-order valence-corrected chi connectivity index (χ1v) is 9.27.